The Bertz CT molecular complexity index is 532. The minimum Gasteiger partial charge on any atom is -0.481 e. The summed E-state index contributed by atoms with van der Waals surface area (Å²) in [7, 11) is 0. The van der Waals surface area contributed by atoms with Gasteiger partial charge in [0, 0.05) is 6.54 Å². The van der Waals surface area contributed by atoms with Crippen LogP contribution in [-0.2, 0) is 4.79 Å². The molecule has 8 heteroatoms. The minimum atomic E-state index is -1.07. The molecule has 0 saturated heterocycles. The molecule has 1 rings (SSSR count). The highest BCUT2D eigenvalue weighted by Gasteiger charge is 2.24. The monoisotopic (exact) mass is 286 g/mol. The van der Waals surface area contributed by atoms with E-state index < -0.39 is 28.4 Å². The molecule has 1 unspecified atom stereocenters. The number of aliphatic carboxylic acids is 1. The Balaban J connectivity index is 2.92. The van der Waals surface area contributed by atoms with Crippen LogP contribution in [0.1, 0.15) is 17.3 Å². The van der Waals surface area contributed by atoms with E-state index in [2.05, 4.69) is 5.32 Å². The van der Waals surface area contributed by atoms with E-state index in [-0.39, 0.29) is 17.1 Å². The van der Waals surface area contributed by atoms with Crippen molar-refractivity contribution in [2.24, 2.45) is 5.92 Å². The van der Waals surface area contributed by atoms with E-state index in [1.54, 1.807) is 0 Å². The first-order valence-electron chi connectivity index (χ1n) is 5.28. The van der Waals surface area contributed by atoms with Gasteiger partial charge in [0.1, 0.15) is 10.6 Å². The van der Waals surface area contributed by atoms with Crippen LogP contribution in [0.2, 0.25) is 5.02 Å². The molecule has 0 bridgehead atoms. The molecule has 0 spiro atoms. The number of carboxylic acid groups (broad SMARTS) is 1. The highest BCUT2D eigenvalue weighted by molar-refractivity contribution is 6.33. The number of carbonyl (C=O) groups is 2. The van der Waals surface area contributed by atoms with Crippen molar-refractivity contribution in [1.29, 1.82) is 0 Å². The van der Waals surface area contributed by atoms with Crippen LogP contribution in [0.3, 0.4) is 0 Å². The van der Waals surface area contributed by atoms with Crippen LogP contribution < -0.4 is 5.32 Å². The van der Waals surface area contributed by atoms with Gasteiger partial charge in [-0.2, -0.15) is 0 Å². The Morgan fingerprint density at radius 2 is 2.16 bits per heavy atom. The number of para-hydroxylation sites is 1. The van der Waals surface area contributed by atoms with Gasteiger partial charge in [-0.05, 0) is 12.1 Å². The van der Waals surface area contributed by atoms with Gasteiger partial charge in [-0.1, -0.05) is 24.6 Å². The molecule has 1 atom stereocenters. The lowest BCUT2D eigenvalue weighted by Crippen LogP contribution is -2.31. The molecule has 0 fully saturated rings. The molecule has 0 aliphatic heterocycles. The van der Waals surface area contributed by atoms with Gasteiger partial charge in [-0.15, -0.1) is 0 Å². The molecule has 0 saturated carbocycles. The molecule has 0 heterocycles. The molecule has 0 aromatic heterocycles. The number of rotatable bonds is 5. The molecule has 19 heavy (non-hydrogen) atoms. The number of nitrogens with zero attached hydrogens (tertiary/aromatic N) is 1. The van der Waals surface area contributed by atoms with E-state index in [9.17, 15) is 19.7 Å². The lowest BCUT2D eigenvalue weighted by molar-refractivity contribution is -0.385. The summed E-state index contributed by atoms with van der Waals surface area (Å²) in [6, 6.07) is 3.96. The van der Waals surface area contributed by atoms with Crippen LogP contribution >= 0.6 is 11.6 Å². The van der Waals surface area contributed by atoms with Gasteiger partial charge in [0.15, 0.2) is 0 Å². The van der Waals surface area contributed by atoms with Crippen LogP contribution in [-0.4, -0.2) is 28.5 Å². The fraction of sp³-hybridized carbons (Fsp3) is 0.273. The van der Waals surface area contributed by atoms with Crippen molar-refractivity contribution in [2.45, 2.75) is 6.92 Å². The summed E-state index contributed by atoms with van der Waals surface area (Å²) < 4.78 is 0. The summed E-state index contributed by atoms with van der Waals surface area (Å²) in [6.07, 6.45) is 0. The molecule has 2 N–H and O–H groups in total. The molecule has 102 valence electrons. The Morgan fingerprint density at radius 1 is 1.53 bits per heavy atom. The summed E-state index contributed by atoms with van der Waals surface area (Å²) >= 11 is 5.67. The maximum Gasteiger partial charge on any atom is 0.308 e. The third-order valence-corrected chi connectivity index (χ3v) is 2.71. The first-order chi connectivity index (χ1) is 8.84. The molecule has 1 amide bonds. The van der Waals surface area contributed by atoms with E-state index in [1.165, 1.54) is 25.1 Å². The van der Waals surface area contributed by atoms with Crippen molar-refractivity contribution < 1.29 is 19.6 Å². The minimum absolute atomic E-state index is 0.127. The number of hydrogen-bond acceptors (Lipinski definition) is 4. The number of nitrogens with one attached hydrogen (secondary N) is 1. The van der Waals surface area contributed by atoms with Gasteiger partial charge < -0.3 is 10.4 Å². The molecular weight excluding hydrogens is 276 g/mol. The van der Waals surface area contributed by atoms with Crippen LogP contribution in [0.25, 0.3) is 0 Å². The second-order valence-electron chi connectivity index (χ2n) is 3.84. The zero-order chi connectivity index (χ0) is 14.6. The first-order valence-corrected chi connectivity index (χ1v) is 5.66. The Kier molecular flexibility index (Phi) is 4.82. The van der Waals surface area contributed by atoms with E-state index in [0.717, 1.165) is 0 Å². The van der Waals surface area contributed by atoms with Gasteiger partial charge in [0.2, 0.25) is 0 Å². The maximum atomic E-state index is 11.8. The summed E-state index contributed by atoms with van der Waals surface area (Å²) in [5.74, 6) is -2.59. The van der Waals surface area contributed by atoms with Gasteiger partial charge >= 0.3 is 11.7 Å². The topological polar surface area (TPSA) is 110 Å². The number of hydrogen-bond donors (Lipinski definition) is 2. The molecule has 0 aliphatic rings. The van der Waals surface area contributed by atoms with Crippen LogP contribution in [0.5, 0.6) is 0 Å². The summed E-state index contributed by atoms with van der Waals surface area (Å²) in [5.41, 5.74) is -0.695. The van der Waals surface area contributed by atoms with Crippen LogP contribution in [0, 0.1) is 16.0 Å². The van der Waals surface area contributed by atoms with Gasteiger partial charge in [-0.25, -0.2) is 0 Å². The van der Waals surface area contributed by atoms with Crippen molar-refractivity contribution in [1.82, 2.24) is 5.32 Å². The van der Waals surface area contributed by atoms with E-state index >= 15 is 0 Å². The van der Waals surface area contributed by atoms with Crippen molar-refractivity contribution in [2.75, 3.05) is 6.54 Å². The van der Waals surface area contributed by atoms with E-state index in [0.29, 0.717) is 0 Å². The summed E-state index contributed by atoms with van der Waals surface area (Å²) in [4.78, 5) is 32.5. The smallest absolute Gasteiger partial charge is 0.308 e. The zero-order valence-corrected chi connectivity index (χ0v) is 10.7. The number of benzene rings is 1. The fourth-order valence-corrected chi connectivity index (χ4v) is 1.56. The largest absolute Gasteiger partial charge is 0.481 e. The van der Waals surface area contributed by atoms with Crippen LogP contribution in [0.4, 0.5) is 5.69 Å². The second kappa shape index (κ2) is 6.14. The highest BCUT2D eigenvalue weighted by atomic mass is 35.5. The van der Waals surface area contributed by atoms with Crippen molar-refractivity contribution >= 4 is 29.2 Å². The van der Waals surface area contributed by atoms with Gasteiger partial charge in [0.05, 0.1) is 10.8 Å². The van der Waals surface area contributed by atoms with Crippen molar-refractivity contribution in [3.63, 3.8) is 0 Å². The quantitative estimate of drug-likeness (QED) is 0.632. The molecular formula is C11H11ClN2O5. The Hall–Kier alpha value is -2.15. The molecule has 1 aromatic rings. The van der Waals surface area contributed by atoms with Crippen molar-refractivity contribution in [3.05, 3.63) is 38.9 Å². The first kappa shape index (κ1) is 14.9. The standard InChI is InChI=1S/C11H11ClN2O5/c1-6(11(16)17)5-13-10(15)7-3-2-4-8(12)9(7)14(18)19/h2-4,6H,5H2,1H3,(H,13,15)(H,16,17). The maximum absolute atomic E-state index is 11.8. The lowest BCUT2D eigenvalue weighted by Gasteiger charge is -2.09. The predicted molar refractivity (Wildman–Crippen MR) is 67.2 cm³/mol. The third-order valence-electron chi connectivity index (χ3n) is 2.40. The average Bonchev–Trinajstić information content (AvgIpc) is 2.34. The summed E-state index contributed by atoms with van der Waals surface area (Å²) in [5, 5.41) is 21.7. The number of nitro groups is 1. The molecule has 0 radical (unpaired) electrons. The predicted octanol–water partition coefficient (Wildman–Crippen LogP) is 1.70. The molecule has 7 nitrogen and oxygen atoms in total. The van der Waals surface area contributed by atoms with Crippen molar-refractivity contribution in [3.8, 4) is 0 Å². The fourth-order valence-electron chi connectivity index (χ4n) is 1.31. The number of carbonyl (C=O) groups excluding carboxylic acids is 1. The number of nitro benzene ring substituents is 1. The van der Waals surface area contributed by atoms with Gasteiger partial charge in [0.25, 0.3) is 5.91 Å². The molecule has 1 aromatic carbocycles. The normalized spacial score (nSPS) is 11.7. The van der Waals surface area contributed by atoms with E-state index in [1.807, 2.05) is 0 Å². The Morgan fingerprint density at radius 3 is 2.68 bits per heavy atom. The summed E-state index contributed by atoms with van der Waals surface area (Å²) in [6.45, 7) is 1.28. The second-order valence-corrected chi connectivity index (χ2v) is 4.25. The van der Waals surface area contributed by atoms with Gasteiger partial charge in [-0.3, -0.25) is 19.7 Å². The van der Waals surface area contributed by atoms with E-state index in [4.69, 9.17) is 16.7 Å². The highest BCUT2D eigenvalue weighted by Crippen LogP contribution is 2.27. The van der Waals surface area contributed by atoms with Crippen LogP contribution in [0.15, 0.2) is 18.2 Å². The number of amides is 1. The SMILES string of the molecule is CC(CNC(=O)c1cccc(Cl)c1[N+](=O)[O-])C(=O)O. The number of carboxylic acids is 1. The molecule has 0 aliphatic carbocycles. The third kappa shape index (κ3) is 3.65. The Labute approximate surface area is 113 Å². The average molecular weight is 287 g/mol. The number of halogens is 1. The lowest BCUT2D eigenvalue weighted by atomic mass is 10.1. The zero-order valence-electron chi connectivity index (χ0n) is 9.92.